The van der Waals surface area contributed by atoms with E-state index in [2.05, 4.69) is 21.6 Å². The third-order valence-electron chi connectivity index (χ3n) is 2.46. The van der Waals surface area contributed by atoms with Gasteiger partial charge in [-0.05, 0) is 37.8 Å². The molecule has 1 N–H and O–H groups in total. The van der Waals surface area contributed by atoms with Crippen LogP contribution in [0.4, 0.5) is 5.82 Å². The van der Waals surface area contributed by atoms with Gasteiger partial charge in [-0.15, -0.1) is 5.10 Å². The number of allylic oxidation sites excluding steroid dienone is 1. The first kappa shape index (κ1) is 9.19. The Morgan fingerprint density at radius 2 is 2.43 bits per heavy atom. The van der Waals surface area contributed by atoms with E-state index < -0.39 is 0 Å². The molecule has 74 valence electrons. The Bertz CT molecular complexity index is 306. The maximum absolute atomic E-state index is 3.96. The average Bonchev–Trinajstić information content (AvgIpc) is 2.72. The zero-order valence-corrected chi connectivity index (χ0v) is 8.24. The maximum atomic E-state index is 3.96. The molecule has 0 aliphatic heterocycles. The predicted octanol–water partition coefficient (Wildman–Crippen LogP) is 2.39. The summed E-state index contributed by atoms with van der Waals surface area (Å²) in [7, 11) is 0. The molecule has 1 aromatic heterocycles. The first-order chi connectivity index (χ1) is 6.95. The molecule has 0 saturated carbocycles. The third-order valence-corrected chi connectivity index (χ3v) is 2.46. The van der Waals surface area contributed by atoms with Crippen LogP contribution in [-0.4, -0.2) is 16.7 Å². The van der Waals surface area contributed by atoms with Crippen molar-refractivity contribution in [2.75, 3.05) is 11.9 Å². The number of hydrogen-bond acceptors (Lipinski definition) is 3. The van der Waals surface area contributed by atoms with E-state index in [0.29, 0.717) is 0 Å². The molecule has 0 fully saturated rings. The molecule has 1 heterocycles. The highest BCUT2D eigenvalue weighted by molar-refractivity contribution is 5.31. The van der Waals surface area contributed by atoms with Gasteiger partial charge in [0.25, 0.3) is 0 Å². The maximum Gasteiger partial charge on any atom is 0.148 e. The molecule has 1 aromatic rings. The number of nitrogens with zero attached hydrogens (tertiary/aromatic N) is 2. The van der Waals surface area contributed by atoms with Crippen LogP contribution in [0.2, 0.25) is 0 Å². The topological polar surface area (TPSA) is 37.8 Å². The first-order valence-corrected chi connectivity index (χ1v) is 5.14. The van der Waals surface area contributed by atoms with Crippen molar-refractivity contribution in [2.24, 2.45) is 0 Å². The Hall–Kier alpha value is -1.38. The van der Waals surface area contributed by atoms with Gasteiger partial charge in [-0.1, -0.05) is 11.6 Å². The Labute approximate surface area is 84.2 Å². The van der Waals surface area contributed by atoms with Gasteiger partial charge >= 0.3 is 0 Å². The molecule has 1 aliphatic rings. The van der Waals surface area contributed by atoms with Crippen molar-refractivity contribution in [3.63, 3.8) is 0 Å². The molecular weight excluding hydrogens is 174 g/mol. The summed E-state index contributed by atoms with van der Waals surface area (Å²) in [5.74, 6) is 0.867. The molecule has 1 aliphatic carbocycles. The van der Waals surface area contributed by atoms with Crippen LogP contribution in [0.25, 0.3) is 0 Å². The standard InChI is InChI=1S/C11H15N3/c1-2-5-10(4-1)7-9-12-11-6-3-8-13-14-11/h3-4,6,8H,1-2,5,7,9H2,(H,12,14). The van der Waals surface area contributed by atoms with Crippen LogP contribution >= 0.6 is 0 Å². The largest absolute Gasteiger partial charge is 0.368 e. The van der Waals surface area contributed by atoms with Crippen LogP contribution in [0.3, 0.4) is 0 Å². The van der Waals surface area contributed by atoms with Crippen molar-refractivity contribution in [2.45, 2.75) is 25.7 Å². The monoisotopic (exact) mass is 189 g/mol. The van der Waals surface area contributed by atoms with E-state index in [1.807, 2.05) is 12.1 Å². The zero-order valence-electron chi connectivity index (χ0n) is 8.24. The summed E-state index contributed by atoms with van der Waals surface area (Å²) in [6.07, 6.45) is 9.06. The number of rotatable bonds is 4. The van der Waals surface area contributed by atoms with Gasteiger partial charge in [0.2, 0.25) is 0 Å². The number of hydrogen-bond donors (Lipinski definition) is 1. The quantitative estimate of drug-likeness (QED) is 0.739. The van der Waals surface area contributed by atoms with Crippen molar-refractivity contribution in [3.05, 3.63) is 30.0 Å². The number of nitrogens with one attached hydrogen (secondary N) is 1. The lowest BCUT2D eigenvalue weighted by Crippen LogP contribution is -2.04. The molecule has 0 unspecified atom stereocenters. The molecule has 0 amide bonds. The minimum absolute atomic E-state index is 0.867. The molecule has 0 radical (unpaired) electrons. The van der Waals surface area contributed by atoms with Crippen LogP contribution in [-0.2, 0) is 0 Å². The molecule has 3 nitrogen and oxygen atoms in total. The second-order valence-corrected chi connectivity index (χ2v) is 3.54. The fourth-order valence-electron chi connectivity index (χ4n) is 1.71. The van der Waals surface area contributed by atoms with Gasteiger partial charge in [0.15, 0.2) is 0 Å². The number of aromatic nitrogens is 2. The molecule has 0 atom stereocenters. The predicted molar refractivity (Wildman–Crippen MR) is 57.1 cm³/mol. The fraction of sp³-hybridized carbons (Fsp3) is 0.455. The SMILES string of the molecule is C1=C(CCNc2cccnn2)CCC1. The highest BCUT2D eigenvalue weighted by Gasteiger charge is 2.03. The number of anilines is 1. The lowest BCUT2D eigenvalue weighted by atomic mass is 10.2. The van der Waals surface area contributed by atoms with E-state index in [9.17, 15) is 0 Å². The Morgan fingerprint density at radius 3 is 3.14 bits per heavy atom. The lowest BCUT2D eigenvalue weighted by molar-refractivity contribution is 0.859. The van der Waals surface area contributed by atoms with E-state index in [-0.39, 0.29) is 0 Å². The molecule has 3 heteroatoms. The minimum atomic E-state index is 0.867. The summed E-state index contributed by atoms with van der Waals surface area (Å²) < 4.78 is 0. The second kappa shape index (κ2) is 4.74. The van der Waals surface area contributed by atoms with Crippen molar-refractivity contribution in [3.8, 4) is 0 Å². The van der Waals surface area contributed by atoms with Gasteiger partial charge in [-0.3, -0.25) is 0 Å². The summed E-state index contributed by atoms with van der Waals surface area (Å²) >= 11 is 0. The van der Waals surface area contributed by atoms with Crippen LogP contribution < -0.4 is 5.32 Å². The highest BCUT2D eigenvalue weighted by Crippen LogP contribution is 2.20. The molecule has 0 bridgehead atoms. The molecule has 0 saturated heterocycles. The van der Waals surface area contributed by atoms with Gasteiger partial charge in [0, 0.05) is 12.7 Å². The van der Waals surface area contributed by atoms with Crippen LogP contribution in [0.15, 0.2) is 30.0 Å². The summed E-state index contributed by atoms with van der Waals surface area (Å²) in [6, 6.07) is 3.83. The third kappa shape index (κ3) is 2.55. The van der Waals surface area contributed by atoms with E-state index >= 15 is 0 Å². The van der Waals surface area contributed by atoms with Gasteiger partial charge < -0.3 is 5.32 Å². The van der Waals surface area contributed by atoms with Crippen molar-refractivity contribution >= 4 is 5.82 Å². The Kier molecular flexibility index (Phi) is 3.11. The first-order valence-electron chi connectivity index (χ1n) is 5.14. The average molecular weight is 189 g/mol. The van der Waals surface area contributed by atoms with Crippen molar-refractivity contribution < 1.29 is 0 Å². The summed E-state index contributed by atoms with van der Waals surface area (Å²) in [4.78, 5) is 0. The van der Waals surface area contributed by atoms with E-state index in [1.54, 1.807) is 11.8 Å². The van der Waals surface area contributed by atoms with Gasteiger partial charge in [-0.25, -0.2) is 0 Å². The Morgan fingerprint density at radius 1 is 1.43 bits per heavy atom. The van der Waals surface area contributed by atoms with E-state index in [0.717, 1.165) is 18.8 Å². The van der Waals surface area contributed by atoms with Gasteiger partial charge in [0.05, 0.1) is 0 Å². The molecule has 0 spiro atoms. The normalized spacial score (nSPS) is 15.3. The summed E-state index contributed by atoms with van der Waals surface area (Å²) in [5.41, 5.74) is 1.58. The molecular formula is C11H15N3. The van der Waals surface area contributed by atoms with Gasteiger partial charge in [-0.2, -0.15) is 5.10 Å². The smallest absolute Gasteiger partial charge is 0.148 e. The van der Waals surface area contributed by atoms with Crippen LogP contribution in [0.1, 0.15) is 25.7 Å². The van der Waals surface area contributed by atoms with Crippen molar-refractivity contribution in [1.29, 1.82) is 0 Å². The minimum Gasteiger partial charge on any atom is -0.368 e. The van der Waals surface area contributed by atoms with Crippen LogP contribution in [0.5, 0.6) is 0 Å². The summed E-state index contributed by atoms with van der Waals surface area (Å²) in [6.45, 7) is 0.963. The zero-order chi connectivity index (χ0) is 9.64. The van der Waals surface area contributed by atoms with Crippen LogP contribution in [0, 0.1) is 0 Å². The lowest BCUT2D eigenvalue weighted by Gasteiger charge is -2.04. The summed E-state index contributed by atoms with van der Waals surface area (Å²) in [5, 5.41) is 11.0. The molecule has 14 heavy (non-hydrogen) atoms. The van der Waals surface area contributed by atoms with E-state index in [1.165, 1.54) is 19.3 Å². The van der Waals surface area contributed by atoms with Gasteiger partial charge in [0.1, 0.15) is 5.82 Å². The second-order valence-electron chi connectivity index (χ2n) is 3.54. The fourth-order valence-corrected chi connectivity index (χ4v) is 1.71. The highest BCUT2D eigenvalue weighted by atomic mass is 15.2. The van der Waals surface area contributed by atoms with Crippen molar-refractivity contribution in [1.82, 2.24) is 10.2 Å². The Balaban J connectivity index is 1.73. The molecule has 0 aromatic carbocycles. The van der Waals surface area contributed by atoms with E-state index in [4.69, 9.17) is 0 Å². The molecule has 2 rings (SSSR count).